The van der Waals surface area contributed by atoms with Gasteiger partial charge in [-0.15, -0.1) is 0 Å². The standard InChI is InChI=1S/C8H8BrFO2/c1-12-8-6(10)3-2-5(4-11)7(8)9/h2-3,11H,4H2,1H3. The van der Waals surface area contributed by atoms with Crippen LogP contribution in [0.15, 0.2) is 16.6 Å². The fourth-order valence-corrected chi connectivity index (χ4v) is 1.49. The monoisotopic (exact) mass is 234 g/mol. The number of aliphatic hydroxyl groups excluding tert-OH is 1. The summed E-state index contributed by atoms with van der Waals surface area (Å²) in [6.07, 6.45) is 0. The van der Waals surface area contributed by atoms with Gasteiger partial charge < -0.3 is 9.84 Å². The molecular formula is C8H8BrFO2. The Balaban J connectivity index is 3.24. The number of hydrogen-bond donors (Lipinski definition) is 1. The van der Waals surface area contributed by atoms with E-state index < -0.39 is 5.82 Å². The molecule has 0 aliphatic carbocycles. The molecule has 0 unspecified atom stereocenters. The zero-order chi connectivity index (χ0) is 9.14. The molecule has 0 aliphatic rings. The quantitative estimate of drug-likeness (QED) is 0.850. The maximum Gasteiger partial charge on any atom is 0.169 e. The Labute approximate surface area is 78.1 Å². The molecule has 1 aromatic carbocycles. The van der Waals surface area contributed by atoms with E-state index in [0.717, 1.165) is 0 Å². The van der Waals surface area contributed by atoms with Crippen LogP contribution in [0.3, 0.4) is 0 Å². The first-order valence-corrected chi connectivity index (χ1v) is 4.11. The van der Waals surface area contributed by atoms with Crippen LogP contribution >= 0.6 is 15.9 Å². The van der Waals surface area contributed by atoms with Gasteiger partial charge in [0.25, 0.3) is 0 Å². The van der Waals surface area contributed by atoms with Gasteiger partial charge in [-0.2, -0.15) is 0 Å². The highest BCUT2D eigenvalue weighted by molar-refractivity contribution is 9.10. The second-order valence-corrected chi connectivity index (χ2v) is 3.00. The molecule has 66 valence electrons. The third-order valence-electron chi connectivity index (χ3n) is 1.50. The van der Waals surface area contributed by atoms with Crippen LogP contribution < -0.4 is 4.74 Å². The average molecular weight is 235 g/mol. The predicted octanol–water partition coefficient (Wildman–Crippen LogP) is 2.09. The van der Waals surface area contributed by atoms with Crippen molar-refractivity contribution in [1.29, 1.82) is 0 Å². The molecule has 0 atom stereocenters. The van der Waals surface area contributed by atoms with Crippen molar-refractivity contribution in [3.8, 4) is 5.75 Å². The normalized spacial score (nSPS) is 10.0. The van der Waals surface area contributed by atoms with Gasteiger partial charge in [-0.05, 0) is 27.6 Å². The summed E-state index contributed by atoms with van der Waals surface area (Å²) in [5.41, 5.74) is 0.605. The molecule has 0 saturated carbocycles. The molecule has 1 rings (SSSR count). The third-order valence-corrected chi connectivity index (χ3v) is 2.37. The van der Waals surface area contributed by atoms with Gasteiger partial charge in [-0.1, -0.05) is 6.07 Å². The minimum Gasteiger partial charge on any atom is -0.492 e. The summed E-state index contributed by atoms with van der Waals surface area (Å²) in [4.78, 5) is 0. The Morgan fingerprint density at radius 2 is 2.25 bits per heavy atom. The van der Waals surface area contributed by atoms with Crippen molar-refractivity contribution in [3.05, 3.63) is 28.0 Å². The Hall–Kier alpha value is -0.610. The molecule has 4 heteroatoms. The summed E-state index contributed by atoms with van der Waals surface area (Å²) in [6.45, 7) is -0.142. The van der Waals surface area contributed by atoms with Crippen LogP contribution in [0.5, 0.6) is 5.75 Å². The van der Waals surface area contributed by atoms with Gasteiger partial charge in [-0.25, -0.2) is 4.39 Å². The van der Waals surface area contributed by atoms with Crippen LogP contribution in [0.2, 0.25) is 0 Å². The van der Waals surface area contributed by atoms with Crippen molar-refractivity contribution >= 4 is 15.9 Å². The van der Waals surface area contributed by atoms with Gasteiger partial charge in [0.2, 0.25) is 0 Å². The van der Waals surface area contributed by atoms with Crippen LogP contribution in [-0.4, -0.2) is 12.2 Å². The van der Waals surface area contributed by atoms with Gasteiger partial charge in [0.1, 0.15) is 0 Å². The number of ether oxygens (including phenoxy) is 1. The van der Waals surface area contributed by atoms with Gasteiger partial charge >= 0.3 is 0 Å². The van der Waals surface area contributed by atoms with Crippen molar-refractivity contribution in [3.63, 3.8) is 0 Å². The van der Waals surface area contributed by atoms with Crippen LogP contribution in [0.25, 0.3) is 0 Å². The molecule has 0 bridgehead atoms. The SMILES string of the molecule is COc1c(F)ccc(CO)c1Br. The van der Waals surface area contributed by atoms with E-state index in [4.69, 9.17) is 9.84 Å². The summed E-state index contributed by atoms with van der Waals surface area (Å²) >= 11 is 3.13. The summed E-state index contributed by atoms with van der Waals surface area (Å²) in [6, 6.07) is 2.76. The number of methoxy groups -OCH3 is 1. The Morgan fingerprint density at radius 3 is 2.75 bits per heavy atom. The lowest BCUT2D eigenvalue weighted by Crippen LogP contribution is -1.93. The largest absolute Gasteiger partial charge is 0.492 e. The molecule has 12 heavy (non-hydrogen) atoms. The lowest BCUT2D eigenvalue weighted by atomic mass is 10.2. The third kappa shape index (κ3) is 1.59. The van der Waals surface area contributed by atoms with Crippen molar-refractivity contribution in [2.24, 2.45) is 0 Å². The first-order chi connectivity index (χ1) is 5.70. The molecule has 1 aromatic rings. The molecule has 0 fully saturated rings. The number of hydrogen-bond acceptors (Lipinski definition) is 2. The van der Waals surface area contributed by atoms with Crippen molar-refractivity contribution in [2.45, 2.75) is 6.61 Å². The number of aliphatic hydroxyl groups is 1. The summed E-state index contributed by atoms with van der Waals surface area (Å²) in [5.74, 6) is -0.317. The van der Waals surface area contributed by atoms with Crippen LogP contribution in [-0.2, 0) is 6.61 Å². The van der Waals surface area contributed by atoms with Crippen molar-refractivity contribution in [1.82, 2.24) is 0 Å². The number of halogens is 2. The minimum absolute atomic E-state index is 0.126. The molecule has 1 N–H and O–H groups in total. The van der Waals surface area contributed by atoms with Gasteiger partial charge in [-0.3, -0.25) is 0 Å². The molecular weight excluding hydrogens is 227 g/mol. The maximum atomic E-state index is 12.9. The Bertz CT molecular complexity index is 289. The first-order valence-electron chi connectivity index (χ1n) is 3.32. The molecule has 0 aliphatic heterocycles. The van der Waals surface area contributed by atoms with E-state index in [0.29, 0.717) is 10.0 Å². The fraction of sp³-hybridized carbons (Fsp3) is 0.250. The maximum absolute atomic E-state index is 12.9. The zero-order valence-electron chi connectivity index (χ0n) is 6.47. The molecule has 0 radical (unpaired) electrons. The molecule has 2 nitrogen and oxygen atoms in total. The summed E-state index contributed by atoms with van der Waals surface area (Å²) in [5, 5.41) is 8.82. The van der Waals surface area contributed by atoms with Crippen LogP contribution in [0.4, 0.5) is 4.39 Å². The second kappa shape index (κ2) is 3.87. The van der Waals surface area contributed by atoms with Crippen molar-refractivity contribution in [2.75, 3.05) is 7.11 Å². The van der Waals surface area contributed by atoms with Gasteiger partial charge in [0, 0.05) is 0 Å². The summed E-state index contributed by atoms with van der Waals surface area (Å²) in [7, 11) is 1.38. The molecule has 0 spiro atoms. The molecule has 0 amide bonds. The zero-order valence-corrected chi connectivity index (χ0v) is 8.06. The summed E-state index contributed by atoms with van der Waals surface area (Å²) < 4.78 is 18.2. The van der Waals surface area contributed by atoms with Crippen LogP contribution in [0, 0.1) is 5.82 Å². The van der Waals surface area contributed by atoms with E-state index in [9.17, 15) is 4.39 Å². The fourth-order valence-electron chi connectivity index (χ4n) is 0.882. The number of rotatable bonds is 2. The van der Waals surface area contributed by atoms with E-state index in [1.807, 2.05) is 0 Å². The highest BCUT2D eigenvalue weighted by Gasteiger charge is 2.10. The lowest BCUT2D eigenvalue weighted by molar-refractivity contribution is 0.279. The predicted molar refractivity (Wildman–Crippen MR) is 46.6 cm³/mol. The van der Waals surface area contributed by atoms with Gasteiger partial charge in [0.05, 0.1) is 18.2 Å². The van der Waals surface area contributed by atoms with Gasteiger partial charge in [0.15, 0.2) is 11.6 Å². The van der Waals surface area contributed by atoms with E-state index in [1.54, 1.807) is 0 Å². The molecule has 0 heterocycles. The lowest BCUT2D eigenvalue weighted by Gasteiger charge is -2.07. The minimum atomic E-state index is -0.443. The molecule has 0 aromatic heterocycles. The number of benzene rings is 1. The average Bonchev–Trinajstić information content (AvgIpc) is 2.06. The van der Waals surface area contributed by atoms with Crippen molar-refractivity contribution < 1.29 is 14.2 Å². The first kappa shape index (κ1) is 9.48. The van der Waals surface area contributed by atoms with E-state index in [1.165, 1.54) is 19.2 Å². The highest BCUT2D eigenvalue weighted by atomic mass is 79.9. The second-order valence-electron chi connectivity index (χ2n) is 2.21. The van der Waals surface area contributed by atoms with E-state index in [-0.39, 0.29) is 12.4 Å². The van der Waals surface area contributed by atoms with E-state index >= 15 is 0 Å². The van der Waals surface area contributed by atoms with E-state index in [2.05, 4.69) is 15.9 Å². The van der Waals surface area contributed by atoms with Crippen LogP contribution in [0.1, 0.15) is 5.56 Å². The Kier molecular flexibility index (Phi) is 3.05. The smallest absolute Gasteiger partial charge is 0.169 e. The highest BCUT2D eigenvalue weighted by Crippen LogP contribution is 2.31. The topological polar surface area (TPSA) is 29.5 Å². The Morgan fingerprint density at radius 1 is 1.58 bits per heavy atom. The molecule has 0 saturated heterocycles.